The van der Waals surface area contributed by atoms with Gasteiger partial charge in [0.15, 0.2) is 0 Å². The van der Waals surface area contributed by atoms with Crippen molar-refractivity contribution in [1.29, 1.82) is 0 Å². The third-order valence-electron chi connectivity index (χ3n) is 3.50. The molecule has 1 unspecified atom stereocenters. The topological polar surface area (TPSA) is 49.4 Å². The molecule has 0 radical (unpaired) electrons. The fraction of sp³-hybridized carbons (Fsp3) is 0.222. The number of nitrogens with one attached hydrogen (secondary N) is 1. The molecule has 5 heteroatoms. The molecule has 0 aliphatic carbocycles. The van der Waals surface area contributed by atoms with Crippen LogP contribution in [0.2, 0.25) is 5.02 Å². The molecule has 23 heavy (non-hydrogen) atoms. The van der Waals surface area contributed by atoms with E-state index in [0.717, 1.165) is 5.56 Å². The van der Waals surface area contributed by atoms with Crippen LogP contribution < -0.4 is 5.32 Å². The van der Waals surface area contributed by atoms with Crippen molar-refractivity contribution in [3.05, 3.63) is 70.7 Å². The second-order valence-corrected chi connectivity index (χ2v) is 5.75. The summed E-state index contributed by atoms with van der Waals surface area (Å²) in [6.07, 6.45) is 0. The average molecular weight is 331 g/mol. The van der Waals surface area contributed by atoms with Gasteiger partial charge in [-0.15, -0.1) is 0 Å². The SMILES string of the molecule is CC(NC(=O)c1ccccc1)C(=O)N(C)Cc1ccccc1Cl. The number of carbonyl (C=O) groups excluding carboxylic acids is 2. The zero-order valence-corrected chi connectivity index (χ0v) is 13.9. The number of amides is 2. The molecule has 120 valence electrons. The maximum absolute atomic E-state index is 12.4. The number of hydrogen-bond acceptors (Lipinski definition) is 2. The first-order chi connectivity index (χ1) is 11.0. The van der Waals surface area contributed by atoms with Crippen LogP contribution in [-0.4, -0.2) is 29.8 Å². The summed E-state index contributed by atoms with van der Waals surface area (Å²) >= 11 is 6.11. The molecule has 0 bridgehead atoms. The Morgan fingerprint density at radius 3 is 2.35 bits per heavy atom. The standard InChI is InChI=1S/C18H19ClN2O2/c1-13(20-17(22)14-8-4-3-5-9-14)18(23)21(2)12-15-10-6-7-11-16(15)19/h3-11,13H,12H2,1-2H3,(H,20,22). The third-order valence-corrected chi connectivity index (χ3v) is 3.86. The summed E-state index contributed by atoms with van der Waals surface area (Å²) in [7, 11) is 1.69. The fourth-order valence-corrected chi connectivity index (χ4v) is 2.42. The van der Waals surface area contributed by atoms with E-state index in [4.69, 9.17) is 11.6 Å². The van der Waals surface area contributed by atoms with Gasteiger partial charge in [-0.05, 0) is 30.7 Å². The molecule has 1 N–H and O–H groups in total. The largest absolute Gasteiger partial charge is 0.341 e. The first-order valence-electron chi connectivity index (χ1n) is 7.33. The predicted octanol–water partition coefficient (Wildman–Crippen LogP) is 3.12. The van der Waals surface area contributed by atoms with Gasteiger partial charge < -0.3 is 10.2 Å². The summed E-state index contributed by atoms with van der Waals surface area (Å²) in [6.45, 7) is 2.07. The highest BCUT2D eigenvalue weighted by Gasteiger charge is 2.20. The summed E-state index contributed by atoms with van der Waals surface area (Å²) in [5.74, 6) is -0.438. The van der Waals surface area contributed by atoms with Crippen molar-refractivity contribution in [3.63, 3.8) is 0 Å². The monoisotopic (exact) mass is 330 g/mol. The Balaban J connectivity index is 1.96. The number of halogens is 1. The molecular formula is C18H19ClN2O2. The summed E-state index contributed by atoms with van der Waals surface area (Å²) < 4.78 is 0. The molecule has 0 saturated heterocycles. The van der Waals surface area contributed by atoms with Crippen molar-refractivity contribution in [2.45, 2.75) is 19.5 Å². The lowest BCUT2D eigenvalue weighted by Crippen LogP contribution is -2.45. The first kappa shape index (κ1) is 17.0. The van der Waals surface area contributed by atoms with Crippen LogP contribution in [0.25, 0.3) is 0 Å². The average Bonchev–Trinajstić information content (AvgIpc) is 2.56. The Bertz CT molecular complexity index is 688. The van der Waals surface area contributed by atoms with Crippen molar-refractivity contribution < 1.29 is 9.59 Å². The van der Waals surface area contributed by atoms with Crippen LogP contribution in [0.1, 0.15) is 22.8 Å². The smallest absolute Gasteiger partial charge is 0.251 e. The van der Waals surface area contributed by atoms with Crippen LogP contribution in [-0.2, 0) is 11.3 Å². The van der Waals surface area contributed by atoms with E-state index < -0.39 is 6.04 Å². The summed E-state index contributed by atoms with van der Waals surface area (Å²) in [5, 5.41) is 3.33. The molecule has 2 rings (SSSR count). The van der Waals surface area contributed by atoms with Crippen LogP contribution >= 0.6 is 11.6 Å². The molecule has 2 aromatic carbocycles. The van der Waals surface area contributed by atoms with Gasteiger partial charge in [-0.2, -0.15) is 0 Å². The van der Waals surface area contributed by atoms with Gasteiger partial charge in [0.05, 0.1) is 0 Å². The Kier molecular flexibility index (Phi) is 5.77. The maximum atomic E-state index is 12.4. The molecule has 0 saturated carbocycles. The van der Waals surface area contributed by atoms with Gasteiger partial charge in [-0.1, -0.05) is 48.0 Å². The number of carbonyl (C=O) groups is 2. The molecule has 0 aromatic heterocycles. The van der Waals surface area contributed by atoms with Crippen LogP contribution in [0.15, 0.2) is 54.6 Å². The number of nitrogens with zero attached hydrogens (tertiary/aromatic N) is 1. The van der Waals surface area contributed by atoms with Gasteiger partial charge in [-0.3, -0.25) is 9.59 Å². The van der Waals surface area contributed by atoms with Gasteiger partial charge in [0, 0.05) is 24.2 Å². The fourth-order valence-electron chi connectivity index (χ4n) is 2.22. The third kappa shape index (κ3) is 4.57. The molecule has 2 aromatic rings. The molecule has 0 spiro atoms. The van der Waals surface area contributed by atoms with Crippen LogP contribution in [0.4, 0.5) is 0 Å². The van der Waals surface area contributed by atoms with Crippen molar-refractivity contribution in [2.24, 2.45) is 0 Å². The highest BCUT2D eigenvalue weighted by Crippen LogP contribution is 2.16. The number of hydrogen-bond donors (Lipinski definition) is 1. The highest BCUT2D eigenvalue weighted by molar-refractivity contribution is 6.31. The van der Waals surface area contributed by atoms with Gasteiger partial charge in [0.2, 0.25) is 5.91 Å². The normalized spacial score (nSPS) is 11.6. The number of rotatable bonds is 5. The quantitative estimate of drug-likeness (QED) is 0.915. The molecule has 1 atom stereocenters. The zero-order chi connectivity index (χ0) is 16.8. The lowest BCUT2D eigenvalue weighted by Gasteiger charge is -2.22. The Labute approximate surface area is 141 Å². The molecule has 4 nitrogen and oxygen atoms in total. The van der Waals surface area contributed by atoms with Crippen LogP contribution in [0, 0.1) is 0 Å². The highest BCUT2D eigenvalue weighted by atomic mass is 35.5. The second kappa shape index (κ2) is 7.79. The molecule has 0 aliphatic rings. The zero-order valence-electron chi connectivity index (χ0n) is 13.1. The lowest BCUT2D eigenvalue weighted by molar-refractivity contribution is -0.132. The van der Waals surface area contributed by atoms with Crippen LogP contribution in [0.5, 0.6) is 0 Å². The van der Waals surface area contributed by atoms with E-state index >= 15 is 0 Å². The van der Waals surface area contributed by atoms with E-state index in [2.05, 4.69) is 5.32 Å². The Hall–Kier alpha value is -2.33. The van der Waals surface area contributed by atoms with E-state index in [1.54, 1.807) is 49.2 Å². The maximum Gasteiger partial charge on any atom is 0.251 e. The van der Waals surface area contributed by atoms with Crippen molar-refractivity contribution in [3.8, 4) is 0 Å². The van der Waals surface area contributed by atoms with E-state index in [0.29, 0.717) is 17.1 Å². The summed E-state index contributed by atoms with van der Waals surface area (Å²) in [6, 6.07) is 15.6. The Morgan fingerprint density at radius 1 is 1.09 bits per heavy atom. The van der Waals surface area contributed by atoms with Crippen LogP contribution in [0.3, 0.4) is 0 Å². The van der Waals surface area contributed by atoms with E-state index in [9.17, 15) is 9.59 Å². The summed E-state index contributed by atoms with van der Waals surface area (Å²) in [4.78, 5) is 26.0. The minimum absolute atomic E-state index is 0.172. The minimum Gasteiger partial charge on any atom is -0.341 e. The molecule has 2 amide bonds. The molecule has 0 heterocycles. The first-order valence-corrected chi connectivity index (χ1v) is 7.71. The van der Waals surface area contributed by atoms with E-state index in [1.807, 2.05) is 24.3 Å². The van der Waals surface area contributed by atoms with Gasteiger partial charge in [-0.25, -0.2) is 0 Å². The molecule has 0 fully saturated rings. The number of benzene rings is 2. The van der Waals surface area contributed by atoms with Gasteiger partial charge in [0.1, 0.15) is 6.04 Å². The molecule has 0 aliphatic heterocycles. The summed E-state index contributed by atoms with van der Waals surface area (Å²) in [5.41, 5.74) is 1.40. The van der Waals surface area contributed by atoms with Gasteiger partial charge in [0.25, 0.3) is 5.91 Å². The van der Waals surface area contributed by atoms with Crippen molar-refractivity contribution >= 4 is 23.4 Å². The van der Waals surface area contributed by atoms with E-state index in [1.165, 1.54) is 0 Å². The lowest BCUT2D eigenvalue weighted by atomic mass is 10.2. The number of likely N-dealkylation sites (N-methyl/N-ethyl adjacent to an activating group) is 1. The van der Waals surface area contributed by atoms with E-state index in [-0.39, 0.29) is 11.8 Å². The molecular weight excluding hydrogens is 312 g/mol. The minimum atomic E-state index is -0.616. The van der Waals surface area contributed by atoms with Crippen molar-refractivity contribution in [2.75, 3.05) is 7.05 Å². The van der Waals surface area contributed by atoms with Gasteiger partial charge >= 0.3 is 0 Å². The predicted molar refractivity (Wildman–Crippen MR) is 91.3 cm³/mol. The van der Waals surface area contributed by atoms with Crippen molar-refractivity contribution in [1.82, 2.24) is 10.2 Å². The Morgan fingerprint density at radius 2 is 1.70 bits per heavy atom. The second-order valence-electron chi connectivity index (χ2n) is 5.35.